The molecule has 0 aromatic carbocycles. The van der Waals surface area contributed by atoms with Gasteiger partial charge in [0.05, 0.1) is 0 Å². The van der Waals surface area contributed by atoms with Gasteiger partial charge in [0.25, 0.3) is 0 Å². The number of hydrogen-bond acceptors (Lipinski definition) is 3. The van der Waals surface area contributed by atoms with E-state index in [0.717, 1.165) is 12.1 Å². The number of nitrogens with zero attached hydrogens (tertiary/aromatic N) is 1. The molecule has 94 valence electrons. The van der Waals surface area contributed by atoms with Gasteiger partial charge in [-0.25, -0.2) is 0 Å². The molecule has 1 aliphatic carbocycles. The smallest absolute Gasteiger partial charge is 0.0419 e. The summed E-state index contributed by atoms with van der Waals surface area (Å²) in [6.07, 6.45) is 6.45. The van der Waals surface area contributed by atoms with Crippen molar-refractivity contribution in [3.05, 3.63) is 52.0 Å². The van der Waals surface area contributed by atoms with E-state index in [1.807, 2.05) is 29.7 Å². The molecular formula is C15H18N2S. The average Bonchev–Trinajstić information content (AvgIpc) is 2.87. The molecule has 0 aliphatic heterocycles. The first-order chi connectivity index (χ1) is 8.84. The zero-order chi connectivity index (χ0) is 12.4. The minimum absolute atomic E-state index is 0.188. The molecule has 2 nitrogen and oxygen atoms in total. The first-order valence-electron chi connectivity index (χ1n) is 6.56. The molecule has 3 heteroatoms. The van der Waals surface area contributed by atoms with Crippen LogP contribution in [-0.2, 0) is 12.8 Å². The summed E-state index contributed by atoms with van der Waals surface area (Å²) in [4.78, 5) is 5.92. The summed E-state index contributed by atoms with van der Waals surface area (Å²) in [5, 5.41) is 2.20. The van der Waals surface area contributed by atoms with Gasteiger partial charge >= 0.3 is 0 Å². The summed E-state index contributed by atoms with van der Waals surface area (Å²) in [5.74, 6) is 0.516. The molecule has 0 bridgehead atoms. The highest BCUT2D eigenvalue weighted by Gasteiger charge is 2.26. The minimum Gasteiger partial charge on any atom is -0.327 e. The van der Waals surface area contributed by atoms with E-state index in [1.165, 1.54) is 24.8 Å². The molecule has 18 heavy (non-hydrogen) atoms. The Bertz CT molecular complexity index is 506. The Morgan fingerprint density at radius 3 is 3.17 bits per heavy atom. The van der Waals surface area contributed by atoms with E-state index < -0.39 is 0 Å². The summed E-state index contributed by atoms with van der Waals surface area (Å²) in [7, 11) is 0. The second-order valence-corrected chi connectivity index (χ2v) is 5.99. The highest BCUT2D eigenvalue weighted by atomic mass is 32.1. The molecule has 3 rings (SSSR count). The predicted octanol–water partition coefficient (Wildman–Crippen LogP) is 3.13. The Kier molecular flexibility index (Phi) is 3.43. The van der Waals surface area contributed by atoms with Crippen LogP contribution in [0.5, 0.6) is 0 Å². The van der Waals surface area contributed by atoms with Crippen LogP contribution in [0.1, 0.15) is 34.9 Å². The number of thiophene rings is 1. The fourth-order valence-corrected chi connectivity index (χ4v) is 3.87. The van der Waals surface area contributed by atoms with E-state index >= 15 is 0 Å². The van der Waals surface area contributed by atoms with Crippen molar-refractivity contribution in [1.82, 2.24) is 4.98 Å². The van der Waals surface area contributed by atoms with Crippen LogP contribution in [0.25, 0.3) is 0 Å². The standard InChI is InChI=1S/C15H18N2S/c16-14(10-11-4-1-2-8-17-11)12-5-3-6-15-13(12)7-9-18-15/h1-2,4,7-9,12,14H,3,5-6,10,16H2. The topological polar surface area (TPSA) is 38.9 Å². The second kappa shape index (κ2) is 5.21. The summed E-state index contributed by atoms with van der Waals surface area (Å²) >= 11 is 1.88. The molecule has 0 amide bonds. The number of pyridine rings is 1. The normalized spacial score (nSPS) is 20.4. The molecule has 0 radical (unpaired) electrons. The summed E-state index contributed by atoms with van der Waals surface area (Å²) in [5.41, 5.74) is 9.02. The molecule has 0 saturated heterocycles. The van der Waals surface area contributed by atoms with Crippen LogP contribution in [-0.4, -0.2) is 11.0 Å². The molecule has 0 saturated carbocycles. The van der Waals surface area contributed by atoms with Crippen molar-refractivity contribution in [2.24, 2.45) is 5.73 Å². The highest BCUT2D eigenvalue weighted by Crippen LogP contribution is 2.36. The molecule has 2 heterocycles. The van der Waals surface area contributed by atoms with Gasteiger partial charge in [0.1, 0.15) is 0 Å². The van der Waals surface area contributed by atoms with Crippen LogP contribution < -0.4 is 5.73 Å². The Morgan fingerprint density at radius 1 is 1.39 bits per heavy atom. The summed E-state index contributed by atoms with van der Waals surface area (Å²) in [6, 6.07) is 8.51. The summed E-state index contributed by atoms with van der Waals surface area (Å²) < 4.78 is 0. The van der Waals surface area contributed by atoms with E-state index in [9.17, 15) is 0 Å². The number of hydrogen-bond donors (Lipinski definition) is 1. The van der Waals surface area contributed by atoms with Crippen molar-refractivity contribution in [2.75, 3.05) is 0 Å². The fraction of sp³-hybridized carbons (Fsp3) is 0.400. The maximum Gasteiger partial charge on any atom is 0.0419 e. The molecule has 1 aliphatic rings. The largest absolute Gasteiger partial charge is 0.327 e. The Hall–Kier alpha value is -1.19. The molecule has 2 N–H and O–H groups in total. The maximum absolute atomic E-state index is 6.42. The zero-order valence-corrected chi connectivity index (χ0v) is 11.2. The van der Waals surface area contributed by atoms with Crippen molar-refractivity contribution in [3.63, 3.8) is 0 Å². The molecule has 2 atom stereocenters. The molecule has 2 aromatic rings. The third-order valence-electron chi connectivity index (χ3n) is 3.79. The van der Waals surface area contributed by atoms with Gasteiger partial charge in [0, 0.05) is 35.1 Å². The SMILES string of the molecule is NC(Cc1ccccn1)C1CCCc2sccc21. The zero-order valence-electron chi connectivity index (χ0n) is 10.4. The van der Waals surface area contributed by atoms with Gasteiger partial charge in [-0.3, -0.25) is 4.98 Å². The van der Waals surface area contributed by atoms with Gasteiger partial charge in [0.15, 0.2) is 0 Å². The van der Waals surface area contributed by atoms with Crippen LogP contribution in [0.2, 0.25) is 0 Å². The molecule has 0 fully saturated rings. The number of aromatic nitrogens is 1. The van der Waals surface area contributed by atoms with Crippen molar-refractivity contribution in [1.29, 1.82) is 0 Å². The quantitative estimate of drug-likeness (QED) is 0.918. The van der Waals surface area contributed by atoms with Gasteiger partial charge in [0.2, 0.25) is 0 Å². The van der Waals surface area contributed by atoms with E-state index in [4.69, 9.17) is 5.73 Å². The van der Waals surface area contributed by atoms with Crippen molar-refractivity contribution in [3.8, 4) is 0 Å². The van der Waals surface area contributed by atoms with Crippen LogP contribution in [0.3, 0.4) is 0 Å². The van der Waals surface area contributed by atoms with Crippen LogP contribution in [0, 0.1) is 0 Å². The van der Waals surface area contributed by atoms with E-state index in [2.05, 4.69) is 22.5 Å². The van der Waals surface area contributed by atoms with Crippen molar-refractivity contribution < 1.29 is 0 Å². The number of aryl methyl sites for hydroxylation is 1. The van der Waals surface area contributed by atoms with Gasteiger partial charge in [-0.15, -0.1) is 11.3 Å². The van der Waals surface area contributed by atoms with Crippen LogP contribution >= 0.6 is 11.3 Å². The van der Waals surface area contributed by atoms with Crippen molar-refractivity contribution >= 4 is 11.3 Å². The Labute approximate surface area is 112 Å². The monoisotopic (exact) mass is 258 g/mol. The number of fused-ring (bicyclic) bond motifs is 1. The van der Waals surface area contributed by atoms with Crippen molar-refractivity contribution in [2.45, 2.75) is 37.6 Å². The van der Waals surface area contributed by atoms with Crippen LogP contribution in [0.15, 0.2) is 35.8 Å². The van der Waals surface area contributed by atoms with E-state index in [-0.39, 0.29) is 6.04 Å². The first kappa shape index (κ1) is 11.9. The number of nitrogens with two attached hydrogens (primary N) is 1. The fourth-order valence-electron chi connectivity index (χ4n) is 2.87. The van der Waals surface area contributed by atoms with Gasteiger partial charge in [-0.05, 0) is 48.4 Å². The lowest BCUT2D eigenvalue weighted by Gasteiger charge is -2.28. The molecule has 2 unspecified atom stereocenters. The lowest BCUT2D eigenvalue weighted by Crippen LogP contribution is -2.32. The van der Waals surface area contributed by atoms with Gasteiger partial charge < -0.3 is 5.73 Å². The molecule has 0 spiro atoms. The lowest BCUT2D eigenvalue weighted by molar-refractivity contribution is 0.461. The predicted molar refractivity (Wildman–Crippen MR) is 75.9 cm³/mol. The summed E-state index contributed by atoms with van der Waals surface area (Å²) in [6.45, 7) is 0. The minimum atomic E-state index is 0.188. The first-order valence-corrected chi connectivity index (χ1v) is 7.44. The Balaban J connectivity index is 1.76. The Morgan fingerprint density at radius 2 is 2.33 bits per heavy atom. The molecular weight excluding hydrogens is 240 g/mol. The second-order valence-electron chi connectivity index (χ2n) is 4.99. The van der Waals surface area contributed by atoms with E-state index in [0.29, 0.717) is 5.92 Å². The van der Waals surface area contributed by atoms with Crippen LogP contribution in [0.4, 0.5) is 0 Å². The highest BCUT2D eigenvalue weighted by molar-refractivity contribution is 7.10. The average molecular weight is 258 g/mol. The maximum atomic E-state index is 6.42. The van der Waals surface area contributed by atoms with Gasteiger partial charge in [-0.2, -0.15) is 0 Å². The molecule has 2 aromatic heterocycles. The van der Waals surface area contributed by atoms with E-state index in [1.54, 1.807) is 4.88 Å². The third kappa shape index (κ3) is 2.33. The third-order valence-corrected chi connectivity index (χ3v) is 4.78. The lowest BCUT2D eigenvalue weighted by atomic mass is 9.81. The van der Waals surface area contributed by atoms with Gasteiger partial charge in [-0.1, -0.05) is 6.07 Å². The number of rotatable bonds is 3.